The highest BCUT2D eigenvalue weighted by Gasteiger charge is 2.20. The van der Waals surface area contributed by atoms with Crippen molar-refractivity contribution in [3.05, 3.63) is 17.7 Å². The Hall–Kier alpha value is -1.42. The molecule has 0 radical (unpaired) electrons. The van der Waals surface area contributed by atoms with Crippen molar-refractivity contribution in [2.75, 3.05) is 27.9 Å². The molecule has 0 aliphatic rings. The molecule has 0 heterocycles. The topological polar surface area (TPSA) is 39.7 Å². The van der Waals surface area contributed by atoms with E-state index in [0.717, 1.165) is 42.2 Å². The van der Waals surface area contributed by atoms with Crippen LogP contribution >= 0.6 is 0 Å². The molecule has 0 aliphatic carbocycles. The molecular formula is C15H25NO3. The fourth-order valence-corrected chi connectivity index (χ4v) is 2.15. The molecular weight excluding hydrogens is 242 g/mol. The average molecular weight is 267 g/mol. The van der Waals surface area contributed by atoms with Gasteiger partial charge in [0.25, 0.3) is 0 Å². The summed E-state index contributed by atoms with van der Waals surface area (Å²) in [6.45, 7) is 5.27. The lowest BCUT2D eigenvalue weighted by atomic mass is 10.0. The number of benzene rings is 1. The van der Waals surface area contributed by atoms with Crippen LogP contribution in [0.4, 0.5) is 0 Å². The Bertz CT molecular complexity index is 368. The molecule has 1 atom stereocenters. The van der Waals surface area contributed by atoms with Crippen LogP contribution in [0.5, 0.6) is 17.2 Å². The van der Waals surface area contributed by atoms with Gasteiger partial charge in [0.15, 0.2) is 0 Å². The Balaban J connectivity index is 3.20. The summed E-state index contributed by atoms with van der Waals surface area (Å²) in [7, 11) is 4.98. The van der Waals surface area contributed by atoms with E-state index in [9.17, 15) is 0 Å². The molecule has 0 aromatic heterocycles. The average Bonchev–Trinajstić information content (AvgIpc) is 2.47. The van der Waals surface area contributed by atoms with Crippen molar-refractivity contribution >= 4 is 0 Å². The highest BCUT2D eigenvalue weighted by molar-refractivity contribution is 5.52. The monoisotopic (exact) mass is 267 g/mol. The molecule has 0 saturated heterocycles. The van der Waals surface area contributed by atoms with Crippen LogP contribution in [0, 0.1) is 0 Å². The van der Waals surface area contributed by atoms with E-state index in [4.69, 9.17) is 14.2 Å². The van der Waals surface area contributed by atoms with E-state index in [1.807, 2.05) is 12.1 Å². The van der Waals surface area contributed by atoms with Crippen LogP contribution in [0.25, 0.3) is 0 Å². The van der Waals surface area contributed by atoms with Crippen LogP contribution in [-0.2, 0) is 0 Å². The number of hydrogen-bond acceptors (Lipinski definition) is 4. The fraction of sp³-hybridized carbons (Fsp3) is 0.600. The highest BCUT2D eigenvalue weighted by atomic mass is 16.5. The molecule has 4 heteroatoms. The van der Waals surface area contributed by atoms with E-state index in [1.54, 1.807) is 21.3 Å². The van der Waals surface area contributed by atoms with Gasteiger partial charge in [-0.2, -0.15) is 0 Å². The Morgan fingerprint density at radius 1 is 1.00 bits per heavy atom. The fourth-order valence-electron chi connectivity index (χ4n) is 2.15. The predicted molar refractivity (Wildman–Crippen MR) is 77.4 cm³/mol. The molecule has 0 spiro atoms. The van der Waals surface area contributed by atoms with Crippen molar-refractivity contribution < 1.29 is 14.2 Å². The standard InChI is InChI=1S/C15H25NO3/c1-6-8-16-12(7-2)15-13(18-4)9-11(17-3)10-14(15)19-5/h9-10,12,16H,6-8H2,1-5H3. The van der Waals surface area contributed by atoms with E-state index >= 15 is 0 Å². The maximum Gasteiger partial charge on any atom is 0.131 e. The van der Waals surface area contributed by atoms with Gasteiger partial charge in [0, 0.05) is 18.2 Å². The zero-order valence-corrected chi connectivity index (χ0v) is 12.6. The third-order valence-electron chi connectivity index (χ3n) is 3.15. The maximum absolute atomic E-state index is 5.49. The normalized spacial score (nSPS) is 12.1. The second-order valence-corrected chi connectivity index (χ2v) is 4.36. The second-order valence-electron chi connectivity index (χ2n) is 4.36. The number of hydrogen-bond donors (Lipinski definition) is 1. The van der Waals surface area contributed by atoms with Gasteiger partial charge >= 0.3 is 0 Å². The predicted octanol–water partition coefficient (Wildman–Crippen LogP) is 3.16. The Kier molecular flexibility index (Phi) is 6.50. The van der Waals surface area contributed by atoms with E-state index < -0.39 is 0 Å². The van der Waals surface area contributed by atoms with Gasteiger partial charge in [0.2, 0.25) is 0 Å². The second kappa shape index (κ2) is 7.89. The lowest BCUT2D eigenvalue weighted by molar-refractivity contribution is 0.356. The van der Waals surface area contributed by atoms with E-state index in [1.165, 1.54) is 0 Å². The van der Waals surface area contributed by atoms with E-state index in [0.29, 0.717) is 0 Å². The smallest absolute Gasteiger partial charge is 0.131 e. The minimum Gasteiger partial charge on any atom is -0.496 e. The van der Waals surface area contributed by atoms with Crippen LogP contribution in [0.3, 0.4) is 0 Å². The van der Waals surface area contributed by atoms with E-state index in [2.05, 4.69) is 19.2 Å². The van der Waals surface area contributed by atoms with Gasteiger partial charge in [0.05, 0.1) is 26.9 Å². The third kappa shape index (κ3) is 3.77. The Morgan fingerprint density at radius 3 is 1.95 bits per heavy atom. The summed E-state index contributed by atoms with van der Waals surface area (Å²) in [5.41, 5.74) is 1.06. The molecule has 0 aliphatic heterocycles. The van der Waals surface area contributed by atoms with Crippen LogP contribution in [-0.4, -0.2) is 27.9 Å². The maximum atomic E-state index is 5.49. The summed E-state index contributed by atoms with van der Waals surface area (Å²) < 4.78 is 16.3. The number of nitrogens with one attached hydrogen (secondary N) is 1. The van der Waals surface area contributed by atoms with Crippen molar-refractivity contribution in [1.82, 2.24) is 5.32 Å². The van der Waals surface area contributed by atoms with Gasteiger partial charge in [-0.25, -0.2) is 0 Å². The molecule has 1 aromatic carbocycles. The third-order valence-corrected chi connectivity index (χ3v) is 3.15. The number of rotatable bonds is 8. The molecule has 19 heavy (non-hydrogen) atoms. The summed E-state index contributed by atoms with van der Waals surface area (Å²) in [6.07, 6.45) is 2.07. The van der Waals surface area contributed by atoms with Crippen molar-refractivity contribution in [2.24, 2.45) is 0 Å². The summed E-state index contributed by atoms with van der Waals surface area (Å²) >= 11 is 0. The summed E-state index contributed by atoms with van der Waals surface area (Å²) in [6, 6.07) is 4.01. The van der Waals surface area contributed by atoms with Crippen molar-refractivity contribution in [1.29, 1.82) is 0 Å². The van der Waals surface area contributed by atoms with Crippen LogP contribution in [0.1, 0.15) is 38.3 Å². The van der Waals surface area contributed by atoms with Gasteiger partial charge < -0.3 is 19.5 Å². The molecule has 1 N–H and O–H groups in total. The minimum absolute atomic E-state index is 0.218. The summed E-state index contributed by atoms with van der Waals surface area (Å²) in [5, 5.41) is 3.52. The van der Waals surface area contributed by atoms with Crippen molar-refractivity contribution in [3.63, 3.8) is 0 Å². The highest BCUT2D eigenvalue weighted by Crippen LogP contribution is 2.39. The lowest BCUT2D eigenvalue weighted by Crippen LogP contribution is -2.22. The molecule has 0 amide bonds. The lowest BCUT2D eigenvalue weighted by Gasteiger charge is -2.23. The number of methoxy groups -OCH3 is 3. The SMILES string of the molecule is CCCNC(CC)c1c(OC)cc(OC)cc1OC. The molecule has 0 bridgehead atoms. The first-order valence-electron chi connectivity index (χ1n) is 6.75. The van der Waals surface area contributed by atoms with Gasteiger partial charge in [-0.1, -0.05) is 13.8 Å². The molecule has 0 saturated carbocycles. The molecule has 0 fully saturated rings. The largest absolute Gasteiger partial charge is 0.496 e. The Morgan fingerprint density at radius 2 is 1.58 bits per heavy atom. The summed E-state index contributed by atoms with van der Waals surface area (Å²) in [5.74, 6) is 2.33. The van der Waals surface area contributed by atoms with Crippen molar-refractivity contribution in [3.8, 4) is 17.2 Å². The van der Waals surface area contributed by atoms with Crippen LogP contribution in [0.2, 0.25) is 0 Å². The molecule has 1 rings (SSSR count). The first-order chi connectivity index (χ1) is 9.21. The Labute approximate surface area is 116 Å². The quantitative estimate of drug-likeness (QED) is 0.785. The van der Waals surface area contributed by atoms with Gasteiger partial charge in [-0.3, -0.25) is 0 Å². The van der Waals surface area contributed by atoms with Gasteiger partial charge in [-0.05, 0) is 19.4 Å². The number of ether oxygens (including phenoxy) is 3. The van der Waals surface area contributed by atoms with Gasteiger partial charge in [0.1, 0.15) is 17.2 Å². The molecule has 4 nitrogen and oxygen atoms in total. The van der Waals surface area contributed by atoms with Crippen molar-refractivity contribution in [2.45, 2.75) is 32.7 Å². The van der Waals surface area contributed by atoms with E-state index in [-0.39, 0.29) is 6.04 Å². The van der Waals surface area contributed by atoms with Crippen LogP contribution in [0.15, 0.2) is 12.1 Å². The first-order valence-corrected chi connectivity index (χ1v) is 6.75. The molecule has 1 unspecified atom stereocenters. The molecule has 108 valence electrons. The zero-order valence-electron chi connectivity index (χ0n) is 12.6. The first kappa shape index (κ1) is 15.6. The molecule has 1 aromatic rings. The summed E-state index contributed by atoms with van der Waals surface area (Å²) in [4.78, 5) is 0. The van der Waals surface area contributed by atoms with Gasteiger partial charge in [-0.15, -0.1) is 0 Å². The zero-order chi connectivity index (χ0) is 14.3. The van der Waals surface area contributed by atoms with Crippen LogP contribution < -0.4 is 19.5 Å². The minimum atomic E-state index is 0.218.